The minimum absolute atomic E-state index is 0.0127. The van der Waals surface area contributed by atoms with Crippen molar-refractivity contribution in [3.05, 3.63) is 0 Å². The molecule has 0 aromatic rings. The van der Waals surface area contributed by atoms with E-state index < -0.39 is 0 Å². The number of hydrogen-bond acceptors (Lipinski definition) is 4. The Kier molecular flexibility index (Phi) is 23.4. The van der Waals surface area contributed by atoms with Gasteiger partial charge in [-0.3, -0.25) is 9.59 Å². The Balaban J connectivity index is 3.97. The first-order valence-electron chi connectivity index (χ1n) is 13.0. The molecule has 178 valence electrons. The summed E-state index contributed by atoms with van der Waals surface area (Å²) in [6.45, 7) is 5.50. The molecular formula is C26H50O4. The topological polar surface area (TPSA) is 52.6 Å². The number of unbranched alkanes of at least 4 members (excludes halogenated alkanes) is 14. The summed E-state index contributed by atoms with van der Waals surface area (Å²) in [4.78, 5) is 22.4. The van der Waals surface area contributed by atoms with Crippen molar-refractivity contribution in [2.45, 2.75) is 148 Å². The first-order chi connectivity index (χ1) is 14.7. The van der Waals surface area contributed by atoms with Crippen LogP contribution in [0.15, 0.2) is 0 Å². The highest BCUT2D eigenvalue weighted by atomic mass is 16.5. The quantitative estimate of drug-likeness (QED) is 0.0893. The Morgan fingerprint density at radius 1 is 0.667 bits per heavy atom. The molecule has 0 N–H and O–H groups in total. The summed E-state index contributed by atoms with van der Waals surface area (Å²) in [6.07, 6.45) is 23.1. The van der Waals surface area contributed by atoms with Crippen molar-refractivity contribution in [2.24, 2.45) is 0 Å². The van der Waals surface area contributed by atoms with Gasteiger partial charge in [-0.2, -0.15) is 0 Å². The van der Waals surface area contributed by atoms with Crippen LogP contribution in [0.5, 0.6) is 0 Å². The van der Waals surface area contributed by atoms with Crippen molar-refractivity contribution in [1.82, 2.24) is 0 Å². The maximum absolute atomic E-state index is 12.3. The third-order valence-electron chi connectivity index (χ3n) is 5.77. The van der Waals surface area contributed by atoms with Crippen molar-refractivity contribution >= 4 is 12.4 Å². The van der Waals surface area contributed by atoms with Gasteiger partial charge in [-0.05, 0) is 38.5 Å². The van der Waals surface area contributed by atoms with Crippen LogP contribution in [0, 0.1) is 0 Å². The Bertz CT molecular complexity index is 354. The van der Waals surface area contributed by atoms with Crippen LogP contribution in [0.1, 0.15) is 142 Å². The van der Waals surface area contributed by atoms with Gasteiger partial charge in [0, 0.05) is 6.42 Å². The van der Waals surface area contributed by atoms with Gasteiger partial charge in [-0.1, -0.05) is 97.3 Å². The fourth-order valence-corrected chi connectivity index (χ4v) is 3.84. The second-order valence-electron chi connectivity index (χ2n) is 8.71. The van der Waals surface area contributed by atoms with Crippen LogP contribution < -0.4 is 0 Å². The molecule has 0 amide bonds. The second kappa shape index (κ2) is 24.2. The van der Waals surface area contributed by atoms with Gasteiger partial charge in [-0.25, -0.2) is 0 Å². The molecule has 0 atom stereocenters. The molecule has 0 spiro atoms. The fourth-order valence-electron chi connectivity index (χ4n) is 3.84. The normalized spacial score (nSPS) is 11.0. The van der Waals surface area contributed by atoms with E-state index in [0.29, 0.717) is 19.5 Å². The molecule has 0 radical (unpaired) electrons. The molecule has 4 heteroatoms. The molecule has 0 heterocycles. The number of hydrogen-bond donors (Lipinski definition) is 0. The van der Waals surface area contributed by atoms with Crippen molar-refractivity contribution in [1.29, 1.82) is 0 Å². The zero-order valence-corrected chi connectivity index (χ0v) is 20.1. The summed E-state index contributed by atoms with van der Waals surface area (Å²) in [5, 5.41) is 0. The molecule has 0 aliphatic rings. The molecule has 0 unspecified atom stereocenters. The van der Waals surface area contributed by atoms with E-state index in [1.165, 1.54) is 77.0 Å². The highest BCUT2D eigenvalue weighted by Gasteiger charge is 2.14. The average Bonchev–Trinajstić information content (AvgIpc) is 2.74. The average molecular weight is 427 g/mol. The Labute approximate surface area is 186 Å². The van der Waals surface area contributed by atoms with Crippen molar-refractivity contribution < 1.29 is 19.1 Å². The highest BCUT2D eigenvalue weighted by molar-refractivity contribution is 5.69. The summed E-state index contributed by atoms with van der Waals surface area (Å²) in [5.74, 6) is -0.0127. The predicted octanol–water partition coefficient (Wildman–Crippen LogP) is 7.91. The van der Waals surface area contributed by atoms with E-state index in [1.807, 2.05) is 0 Å². The lowest BCUT2D eigenvalue weighted by molar-refractivity contribution is -0.150. The van der Waals surface area contributed by atoms with Crippen molar-refractivity contribution in [3.8, 4) is 0 Å². The lowest BCUT2D eigenvalue weighted by Gasteiger charge is -2.18. The van der Waals surface area contributed by atoms with Gasteiger partial charge < -0.3 is 9.47 Å². The molecule has 0 aromatic heterocycles. The number of ether oxygens (including phenoxy) is 2. The van der Waals surface area contributed by atoms with Gasteiger partial charge in [0.1, 0.15) is 6.10 Å². The van der Waals surface area contributed by atoms with Gasteiger partial charge in [0.25, 0.3) is 6.47 Å². The molecule has 0 fully saturated rings. The van der Waals surface area contributed by atoms with Crippen LogP contribution in [0.25, 0.3) is 0 Å². The van der Waals surface area contributed by atoms with Crippen LogP contribution in [0.2, 0.25) is 0 Å². The number of esters is 1. The lowest BCUT2D eigenvalue weighted by Crippen LogP contribution is -2.18. The third-order valence-corrected chi connectivity index (χ3v) is 5.77. The number of carbonyl (C=O) groups is 2. The van der Waals surface area contributed by atoms with Crippen molar-refractivity contribution in [2.75, 3.05) is 6.61 Å². The summed E-state index contributed by atoms with van der Waals surface area (Å²) in [7, 11) is 0. The second-order valence-corrected chi connectivity index (χ2v) is 8.71. The molecule has 0 saturated heterocycles. The molecule has 0 aromatic carbocycles. The van der Waals surface area contributed by atoms with Crippen LogP contribution >= 0.6 is 0 Å². The molecule has 0 bridgehead atoms. The van der Waals surface area contributed by atoms with E-state index in [4.69, 9.17) is 4.74 Å². The Morgan fingerprint density at radius 3 is 1.67 bits per heavy atom. The maximum Gasteiger partial charge on any atom is 0.306 e. The SMILES string of the molecule is CCCCCCCCC(CCCCCCCC)OC(=O)CCCCCCCOC=O. The van der Waals surface area contributed by atoms with E-state index in [9.17, 15) is 9.59 Å². The molecule has 0 aliphatic heterocycles. The standard InChI is InChI=1S/C26H50O4/c1-3-5-7-9-12-16-20-25(21-17-13-10-8-6-4-2)30-26(28)22-18-14-11-15-19-23-29-24-27/h24-25H,3-23H2,1-2H3. The minimum Gasteiger partial charge on any atom is -0.468 e. The molecule has 0 rings (SSSR count). The van der Waals surface area contributed by atoms with Gasteiger partial charge >= 0.3 is 5.97 Å². The monoisotopic (exact) mass is 426 g/mol. The largest absolute Gasteiger partial charge is 0.468 e. The van der Waals surface area contributed by atoms with E-state index >= 15 is 0 Å². The van der Waals surface area contributed by atoms with Gasteiger partial charge in [0.15, 0.2) is 0 Å². The smallest absolute Gasteiger partial charge is 0.306 e. The summed E-state index contributed by atoms with van der Waals surface area (Å²) < 4.78 is 10.6. The highest BCUT2D eigenvalue weighted by Crippen LogP contribution is 2.18. The van der Waals surface area contributed by atoms with Crippen LogP contribution in [0.3, 0.4) is 0 Å². The van der Waals surface area contributed by atoms with E-state index in [2.05, 4.69) is 18.6 Å². The molecule has 4 nitrogen and oxygen atoms in total. The van der Waals surface area contributed by atoms with Crippen molar-refractivity contribution in [3.63, 3.8) is 0 Å². The zero-order chi connectivity index (χ0) is 22.1. The van der Waals surface area contributed by atoms with Crippen LogP contribution in [-0.4, -0.2) is 25.2 Å². The van der Waals surface area contributed by atoms with E-state index in [0.717, 1.165) is 44.9 Å². The minimum atomic E-state index is -0.0127. The van der Waals surface area contributed by atoms with Gasteiger partial charge in [-0.15, -0.1) is 0 Å². The fraction of sp³-hybridized carbons (Fsp3) is 0.923. The van der Waals surface area contributed by atoms with Gasteiger partial charge in [0.05, 0.1) is 6.61 Å². The first kappa shape index (κ1) is 28.9. The molecular weight excluding hydrogens is 376 g/mol. The maximum atomic E-state index is 12.3. The molecule has 0 saturated carbocycles. The van der Waals surface area contributed by atoms with E-state index in [-0.39, 0.29) is 12.1 Å². The predicted molar refractivity (Wildman–Crippen MR) is 126 cm³/mol. The van der Waals surface area contributed by atoms with Crippen LogP contribution in [0.4, 0.5) is 0 Å². The first-order valence-corrected chi connectivity index (χ1v) is 13.0. The number of carbonyl (C=O) groups excluding carboxylic acids is 2. The molecule has 0 aliphatic carbocycles. The number of rotatable bonds is 24. The zero-order valence-electron chi connectivity index (χ0n) is 20.1. The van der Waals surface area contributed by atoms with Crippen LogP contribution in [-0.2, 0) is 19.1 Å². The lowest BCUT2D eigenvalue weighted by atomic mass is 10.0. The third kappa shape index (κ3) is 21.6. The Morgan fingerprint density at radius 2 is 1.13 bits per heavy atom. The van der Waals surface area contributed by atoms with E-state index in [1.54, 1.807) is 0 Å². The molecule has 30 heavy (non-hydrogen) atoms. The summed E-state index contributed by atoms with van der Waals surface area (Å²) in [6, 6.07) is 0. The van der Waals surface area contributed by atoms with Gasteiger partial charge in [0.2, 0.25) is 0 Å². The Hall–Kier alpha value is -1.06. The summed E-state index contributed by atoms with van der Waals surface area (Å²) >= 11 is 0. The summed E-state index contributed by atoms with van der Waals surface area (Å²) in [5.41, 5.74) is 0.